The van der Waals surface area contributed by atoms with Crippen LogP contribution in [0.1, 0.15) is 46.5 Å². The number of carbonyl (C=O) groups is 7. The molecule has 0 aromatic heterocycles. The van der Waals surface area contributed by atoms with Crippen molar-refractivity contribution in [3.8, 4) is 0 Å². The maximum absolute atomic E-state index is 11.9. The molecular formula is C23H34O16. The van der Waals surface area contributed by atoms with E-state index in [0.717, 1.165) is 0 Å². The van der Waals surface area contributed by atoms with Gasteiger partial charge in [0.15, 0.2) is 12.2 Å². The van der Waals surface area contributed by atoms with Gasteiger partial charge >= 0.3 is 41.8 Å². The molecule has 2 N–H and O–H groups in total. The Balaban J connectivity index is 4.00. The van der Waals surface area contributed by atoms with E-state index in [-0.39, 0.29) is 58.9 Å². The van der Waals surface area contributed by atoms with Crippen molar-refractivity contribution in [3.63, 3.8) is 0 Å². The van der Waals surface area contributed by atoms with E-state index in [9.17, 15) is 33.6 Å². The van der Waals surface area contributed by atoms with E-state index < -0.39 is 66.5 Å². The average molecular weight is 567 g/mol. The lowest BCUT2D eigenvalue weighted by atomic mass is 10.3. The lowest BCUT2D eigenvalue weighted by Gasteiger charge is -2.13. The SMILES string of the molecule is CC(O)C(=O)OCCOC(=O)CCC(=O)OC(C)C(=O)OCCOC(=O)CCC(=O)OC(C)C(=O)OCCO. The molecule has 0 aliphatic carbocycles. The summed E-state index contributed by atoms with van der Waals surface area (Å²) in [6, 6.07) is 0. The first-order valence-electron chi connectivity index (χ1n) is 11.9. The van der Waals surface area contributed by atoms with Crippen molar-refractivity contribution in [3.05, 3.63) is 0 Å². The second kappa shape index (κ2) is 20.2. The van der Waals surface area contributed by atoms with Crippen LogP contribution >= 0.6 is 0 Å². The molecule has 16 nitrogen and oxygen atoms in total. The molecular weight excluding hydrogens is 532 g/mol. The van der Waals surface area contributed by atoms with Crippen molar-refractivity contribution in [2.24, 2.45) is 0 Å². The van der Waals surface area contributed by atoms with Crippen molar-refractivity contribution in [1.29, 1.82) is 0 Å². The third-order valence-corrected chi connectivity index (χ3v) is 4.20. The number of rotatable bonds is 19. The van der Waals surface area contributed by atoms with Gasteiger partial charge in [-0.25, -0.2) is 14.4 Å². The quantitative estimate of drug-likeness (QED) is 0.103. The number of hydrogen-bond donors (Lipinski definition) is 2. The second-order valence-electron chi connectivity index (χ2n) is 7.61. The number of hydrogen-bond acceptors (Lipinski definition) is 16. The van der Waals surface area contributed by atoms with E-state index in [1.807, 2.05) is 0 Å². The van der Waals surface area contributed by atoms with Crippen molar-refractivity contribution in [2.75, 3.05) is 39.6 Å². The minimum atomic E-state index is -1.31. The Morgan fingerprint density at radius 3 is 1.23 bits per heavy atom. The molecule has 0 radical (unpaired) electrons. The number of aliphatic hydroxyl groups is 2. The van der Waals surface area contributed by atoms with E-state index in [2.05, 4.69) is 9.47 Å². The largest absolute Gasteiger partial charge is 0.462 e. The topological polar surface area (TPSA) is 225 Å². The Hall–Kier alpha value is -3.79. The van der Waals surface area contributed by atoms with Crippen LogP contribution in [0.3, 0.4) is 0 Å². The smallest absolute Gasteiger partial charge is 0.347 e. The molecule has 0 aliphatic heterocycles. The van der Waals surface area contributed by atoms with Crippen molar-refractivity contribution < 1.29 is 76.9 Å². The van der Waals surface area contributed by atoms with E-state index in [1.165, 1.54) is 20.8 Å². The van der Waals surface area contributed by atoms with E-state index >= 15 is 0 Å². The molecule has 0 aromatic rings. The summed E-state index contributed by atoms with van der Waals surface area (Å²) in [4.78, 5) is 81.0. The zero-order chi connectivity index (χ0) is 29.8. The zero-order valence-corrected chi connectivity index (χ0v) is 21.9. The lowest BCUT2D eigenvalue weighted by molar-refractivity contribution is -0.169. The summed E-state index contributed by atoms with van der Waals surface area (Å²) in [5.74, 6) is -5.98. The van der Waals surface area contributed by atoms with Crippen LogP contribution in [0, 0.1) is 0 Å². The summed E-state index contributed by atoms with van der Waals surface area (Å²) in [6.45, 7) is 1.83. The maximum atomic E-state index is 11.9. The fourth-order valence-electron chi connectivity index (χ4n) is 2.26. The highest BCUT2D eigenvalue weighted by atomic mass is 16.6. The molecule has 0 amide bonds. The standard InChI is InChI=1S/C23H34O16/c1-14(25)21(30)36-12-10-33-17(26)4-7-20(29)39-16(3)23(32)37-13-11-34-18(27)5-6-19(28)38-15(2)22(31)35-9-8-24/h14-16,24-25H,4-13H2,1-3H3. The van der Waals surface area contributed by atoms with Gasteiger partial charge in [0.2, 0.25) is 0 Å². The second-order valence-corrected chi connectivity index (χ2v) is 7.61. The fraction of sp³-hybridized carbons (Fsp3) is 0.696. The highest BCUT2D eigenvalue weighted by Crippen LogP contribution is 2.04. The summed E-state index contributed by atoms with van der Waals surface area (Å²) in [6.07, 6.45) is -5.35. The van der Waals surface area contributed by atoms with Gasteiger partial charge in [-0.3, -0.25) is 19.2 Å². The summed E-state index contributed by atoms with van der Waals surface area (Å²) >= 11 is 0. The van der Waals surface area contributed by atoms with Crippen LogP contribution in [0.5, 0.6) is 0 Å². The van der Waals surface area contributed by atoms with Crippen LogP contribution in [-0.2, 0) is 66.7 Å². The van der Waals surface area contributed by atoms with Crippen molar-refractivity contribution >= 4 is 41.8 Å². The van der Waals surface area contributed by atoms with E-state index in [1.54, 1.807) is 0 Å². The molecule has 0 aromatic carbocycles. The predicted molar refractivity (Wildman–Crippen MR) is 123 cm³/mol. The van der Waals surface area contributed by atoms with Gasteiger partial charge in [0, 0.05) is 0 Å². The van der Waals surface area contributed by atoms with Crippen LogP contribution in [0.25, 0.3) is 0 Å². The Morgan fingerprint density at radius 2 is 0.846 bits per heavy atom. The molecule has 39 heavy (non-hydrogen) atoms. The summed E-state index contributed by atoms with van der Waals surface area (Å²) in [7, 11) is 0. The van der Waals surface area contributed by atoms with Crippen LogP contribution in [0.15, 0.2) is 0 Å². The van der Waals surface area contributed by atoms with E-state index in [4.69, 9.17) is 33.9 Å². The Kier molecular flexibility index (Phi) is 18.2. The number of esters is 7. The third-order valence-electron chi connectivity index (χ3n) is 4.20. The van der Waals surface area contributed by atoms with Gasteiger partial charge in [-0.2, -0.15) is 0 Å². The molecule has 16 heteroatoms. The fourth-order valence-corrected chi connectivity index (χ4v) is 2.26. The molecule has 0 heterocycles. The van der Waals surface area contributed by atoms with Crippen molar-refractivity contribution in [1.82, 2.24) is 0 Å². The first-order valence-corrected chi connectivity index (χ1v) is 11.9. The van der Waals surface area contributed by atoms with Crippen LogP contribution in [0.2, 0.25) is 0 Å². The van der Waals surface area contributed by atoms with Gasteiger partial charge in [0.25, 0.3) is 0 Å². The first-order chi connectivity index (χ1) is 18.4. The van der Waals surface area contributed by atoms with Gasteiger partial charge in [0.1, 0.15) is 39.1 Å². The minimum absolute atomic E-state index is 0.245. The van der Waals surface area contributed by atoms with E-state index in [0.29, 0.717) is 0 Å². The Morgan fingerprint density at radius 1 is 0.513 bits per heavy atom. The molecule has 3 unspecified atom stereocenters. The zero-order valence-electron chi connectivity index (χ0n) is 21.9. The predicted octanol–water partition coefficient (Wildman–Crippen LogP) is -1.50. The van der Waals surface area contributed by atoms with Gasteiger partial charge in [-0.05, 0) is 20.8 Å². The molecule has 0 spiro atoms. The molecule has 3 atom stereocenters. The minimum Gasteiger partial charge on any atom is -0.462 e. The summed E-state index contributed by atoms with van der Waals surface area (Å²) < 4.78 is 33.1. The lowest BCUT2D eigenvalue weighted by Crippen LogP contribution is -2.28. The molecule has 0 fully saturated rings. The van der Waals surface area contributed by atoms with Crippen molar-refractivity contribution in [2.45, 2.75) is 64.8 Å². The van der Waals surface area contributed by atoms with Crippen LogP contribution < -0.4 is 0 Å². The van der Waals surface area contributed by atoms with Gasteiger partial charge in [0.05, 0.1) is 32.3 Å². The number of aliphatic hydroxyl groups excluding tert-OH is 2. The maximum Gasteiger partial charge on any atom is 0.347 e. The molecule has 0 aliphatic rings. The van der Waals surface area contributed by atoms with Crippen LogP contribution in [-0.4, -0.2) is 110 Å². The summed E-state index contributed by atoms with van der Waals surface area (Å²) in [5.41, 5.74) is 0. The number of carbonyl (C=O) groups excluding carboxylic acids is 7. The molecule has 0 bridgehead atoms. The highest BCUT2D eigenvalue weighted by Gasteiger charge is 2.22. The number of ether oxygens (including phenoxy) is 7. The monoisotopic (exact) mass is 566 g/mol. The van der Waals surface area contributed by atoms with Gasteiger partial charge < -0.3 is 43.4 Å². The molecule has 222 valence electrons. The normalized spacial score (nSPS) is 12.6. The Labute approximate surface area is 223 Å². The molecule has 0 saturated carbocycles. The molecule has 0 saturated heterocycles. The third kappa shape index (κ3) is 18.2. The summed E-state index contributed by atoms with van der Waals surface area (Å²) in [5, 5.41) is 17.5. The molecule has 0 rings (SSSR count). The first kappa shape index (κ1) is 35.2. The Bertz CT molecular complexity index is 836. The van der Waals surface area contributed by atoms with Gasteiger partial charge in [-0.15, -0.1) is 0 Å². The van der Waals surface area contributed by atoms with Crippen LogP contribution in [0.4, 0.5) is 0 Å². The average Bonchev–Trinajstić information content (AvgIpc) is 2.89. The van der Waals surface area contributed by atoms with Gasteiger partial charge in [-0.1, -0.05) is 0 Å². The highest BCUT2D eigenvalue weighted by molar-refractivity contribution is 5.82.